The Labute approximate surface area is 104 Å². The number of carboxylic acids is 1. The quantitative estimate of drug-likeness (QED) is 0.733. The molecule has 1 aliphatic rings. The number of hydrogen-bond acceptors (Lipinski definition) is 4. The third-order valence-electron chi connectivity index (χ3n) is 2.43. The van der Waals surface area contributed by atoms with Gasteiger partial charge in [0.25, 0.3) is 0 Å². The zero-order chi connectivity index (χ0) is 13.0. The molecule has 2 unspecified atom stereocenters. The maximum absolute atomic E-state index is 11.7. The smallest absolute Gasteiger partial charge is 0.327 e. The Morgan fingerprint density at radius 1 is 1.71 bits per heavy atom. The van der Waals surface area contributed by atoms with Crippen LogP contribution in [0.2, 0.25) is 0 Å². The summed E-state index contributed by atoms with van der Waals surface area (Å²) in [7, 11) is 0. The SMILES string of the molecule is C#CCC(C(=O)O)N1CC(SC(C)=O)CC1=O. The minimum atomic E-state index is -1.11. The molecule has 2 atom stereocenters. The lowest BCUT2D eigenvalue weighted by atomic mass is 10.2. The van der Waals surface area contributed by atoms with Gasteiger partial charge in [-0.05, 0) is 0 Å². The summed E-state index contributed by atoms with van der Waals surface area (Å²) in [6.45, 7) is 1.69. The van der Waals surface area contributed by atoms with Crippen molar-refractivity contribution in [3.05, 3.63) is 0 Å². The molecule has 0 saturated carbocycles. The molecule has 0 spiro atoms. The van der Waals surface area contributed by atoms with E-state index in [-0.39, 0.29) is 35.7 Å². The van der Waals surface area contributed by atoms with Gasteiger partial charge in [-0.2, -0.15) is 0 Å². The van der Waals surface area contributed by atoms with Gasteiger partial charge in [-0.1, -0.05) is 11.8 Å². The fourth-order valence-corrected chi connectivity index (χ4v) is 2.69. The molecule has 1 heterocycles. The van der Waals surface area contributed by atoms with Crippen LogP contribution in [-0.4, -0.2) is 44.8 Å². The predicted octanol–water partition coefficient (Wildman–Crippen LogP) is 0.343. The monoisotopic (exact) mass is 255 g/mol. The Bertz CT molecular complexity index is 387. The van der Waals surface area contributed by atoms with Gasteiger partial charge in [-0.3, -0.25) is 9.59 Å². The van der Waals surface area contributed by atoms with E-state index in [0.29, 0.717) is 0 Å². The number of aliphatic carboxylic acids is 1. The van der Waals surface area contributed by atoms with Crippen LogP contribution in [-0.2, 0) is 14.4 Å². The molecule has 0 aromatic carbocycles. The number of terminal acetylenes is 1. The van der Waals surface area contributed by atoms with E-state index in [4.69, 9.17) is 11.5 Å². The predicted molar refractivity (Wildman–Crippen MR) is 63.3 cm³/mol. The molecule has 17 heavy (non-hydrogen) atoms. The number of carbonyl (C=O) groups excluding carboxylic acids is 2. The van der Waals surface area contributed by atoms with Crippen LogP contribution < -0.4 is 0 Å². The fourth-order valence-electron chi connectivity index (χ4n) is 1.75. The van der Waals surface area contributed by atoms with E-state index in [2.05, 4.69) is 5.92 Å². The number of rotatable bonds is 4. The van der Waals surface area contributed by atoms with E-state index < -0.39 is 12.0 Å². The normalized spacial score (nSPS) is 21.1. The molecule has 1 N–H and O–H groups in total. The Morgan fingerprint density at radius 2 is 2.35 bits per heavy atom. The molecule has 1 aliphatic heterocycles. The van der Waals surface area contributed by atoms with Crippen molar-refractivity contribution in [3.8, 4) is 12.3 Å². The minimum absolute atomic E-state index is 0.0153. The van der Waals surface area contributed by atoms with Crippen LogP contribution >= 0.6 is 11.8 Å². The number of carbonyl (C=O) groups is 3. The van der Waals surface area contributed by atoms with Crippen LogP contribution in [0.5, 0.6) is 0 Å². The summed E-state index contributed by atoms with van der Waals surface area (Å²) in [5.74, 6) is 0.889. The van der Waals surface area contributed by atoms with Gasteiger partial charge in [-0.25, -0.2) is 4.79 Å². The van der Waals surface area contributed by atoms with Crippen molar-refractivity contribution in [2.75, 3.05) is 6.54 Å². The van der Waals surface area contributed by atoms with Gasteiger partial charge in [0.15, 0.2) is 5.12 Å². The lowest BCUT2D eigenvalue weighted by Crippen LogP contribution is -2.42. The third kappa shape index (κ3) is 3.49. The molecule has 0 aliphatic carbocycles. The summed E-state index contributed by atoms with van der Waals surface area (Å²) in [6.07, 6.45) is 5.26. The van der Waals surface area contributed by atoms with Crippen LogP contribution in [0.15, 0.2) is 0 Å². The number of hydrogen-bond donors (Lipinski definition) is 1. The largest absolute Gasteiger partial charge is 0.480 e. The Balaban J connectivity index is 2.71. The highest BCUT2D eigenvalue weighted by Crippen LogP contribution is 2.26. The zero-order valence-corrected chi connectivity index (χ0v) is 10.2. The summed E-state index contributed by atoms with van der Waals surface area (Å²) < 4.78 is 0. The van der Waals surface area contributed by atoms with Crippen molar-refractivity contribution >= 4 is 28.8 Å². The first kappa shape index (κ1) is 13.6. The summed E-state index contributed by atoms with van der Waals surface area (Å²) in [5, 5.41) is 8.75. The highest BCUT2D eigenvalue weighted by atomic mass is 32.2. The molecular formula is C11H13NO4S. The highest BCUT2D eigenvalue weighted by Gasteiger charge is 2.37. The fraction of sp³-hybridized carbons (Fsp3) is 0.545. The van der Waals surface area contributed by atoms with Gasteiger partial charge >= 0.3 is 5.97 Å². The molecule has 0 bridgehead atoms. The van der Waals surface area contributed by atoms with E-state index in [1.54, 1.807) is 0 Å². The summed E-state index contributed by atoms with van der Waals surface area (Å²) in [4.78, 5) is 34.8. The molecule has 1 rings (SSSR count). The Morgan fingerprint density at radius 3 is 2.82 bits per heavy atom. The Kier molecular flexibility index (Phi) is 4.58. The summed E-state index contributed by atoms with van der Waals surface area (Å²) >= 11 is 1.07. The van der Waals surface area contributed by atoms with E-state index >= 15 is 0 Å². The van der Waals surface area contributed by atoms with Gasteiger partial charge in [-0.15, -0.1) is 12.3 Å². The van der Waals surface area contributed by atoms with Crippen LogP contribution in [0.1, 0.15) is 19.8 Å². The molecule has 1 fully saturated rings. The molecule has 0 aromatic rings. The number of thioether (sulfide) groups is 1. The molecule has 92 valence electrons. The van der Waals surface area contributed by atoms with Crippen LogP contribution in [0.25, 0.3) is 0 Å². The van der Waals surface area contributed by atoms with Gasteiger partial charge in [0, 0.05) is 31.6 Å². The van der Waals surface area contributed by atoms with Crippen molar-refractivity contribution < 1.29 is 19.5 Å². The van der Waals surface area contributed by atoms with Crippen molar-refractivity contribution in [1.29, 1.82) is 0 Å². The average molecular weight is 255 g/mol. The Hall–Kier alpha value is -1.48. The third-order valence-corrected chi connectivity index (χ3v) is 3.41. The topological polar surface area (TPSA) is 74.7 Å². The van der Waals surface area contributed by atoms with E-state index in [9.17, 15) is 14.4 Å². The average Bonchev–Trinajstić information content (AvgIpc) is 2.54. The maximum Gasteiger partial charge on any atom is 0.327 e. The lowest BCUT2D eigenvalue weighted by Gasteiger charge is -2.22. The van der Waals surface area contributed by atoms with E-state index in [1.807, 2.05) is 0 Å². The lowest BCUT2D eigenvalue weighted by molar-refractivity contribution is -0.148. The number of carboxylic acid groups (broad SMARTS) is 1. The standard InChI is InChI=1S/C11H13NO4S/c1-3-4-9(11(15)16)12-6-8(5-10(12)14)17-7(2)13/h1,8-9H,4-6H2,2H3,(H,15,16). The number of likely N-dealkylation sites (tertiary alicyclic amines) is 1. The van der Waals surface area contributed by atoms with Gasteiger partial charge < -0.3 is 10.0 Å². The first-order chi connectivity index (χ1) is 7.95. The first-order valence-electron chi connectivity index (χ1n) is 5.08. The maximum atomic E-state index is 11.7. The molecule has 1 amide bonds. The van der Waals surface area contributed by atoms with Gasteiger partial charge in [0.05, 0.1) is 0 Å². The van der Waals surface area contributed by atoms with E-state index in [0.717, 1.165) is 11.8 Å². The van der Waals surface area contributed by atoms with Crippen LogP contribution in [0.3, 0.4) is 0 Å². The summed E-state index contributed by atoms with van der Waals surface area (Å²) in [5.41, 5.74) is 0. The van der Waals surface area contributed by atoms with Crippen molar-refractivity contribution in [3.63, 3.8) is 0 Å². The second-order valence-electron chi connectivity index (χ2n) is 3.74. The van der Waals surface area contributed by atoms with Crippen molar-refractivity contribution in [1.82, 2.24) is 4.90 Å². The van der Waals surface area contributed by atoms with Gasteiger partial charge in [0.1, 0.15) is 6.04 Å². The van der Waals surface area contributed by atoms with Crippen LogP contribution in [0, 0.1) is 12.3 Å². The molecular weight excluding hydrogens is 242 g/mol. The minimum Gasteiger partial charge on any atom is -0.480 e. The zero-order valence-electron chi connectivity index (χ0n) is 9.38. The first-order valence-corrected chi connectivity index (χ1v) is 5.96. The summed E-state index contributed by atoms with van der Waals surface area (Å²) in [6, 6.07) is -0.981. The second-order valence-corrected chi connectivity index (χ2v) is 5.22. The highest BCUT2D eigenvalue weighted by molar-refractivity contribution is 8.14. The number of nitrogens with zero attached hydrogens (tertiary/aromatic N) is 1. The van der Waals surface area contributed by atoms with Crippen molar-refractivity contribution in [2.45, 2.75) is 31.1 Å². The molecule has 0 aromatic heterocycles. The molecule has 0 radical (unpaired) electrons. The van der Waals surface area contributed by atoms with Crippen molar-refractivity contribution in [2.24, 2.45) is 0 Å². The number of amides is 1. The molecule has 6 heteroatoms. The van der Waals surface area contributed by atoms with E-state index in [1.165, 1.54) is 11.8 Å². The molecule has 5 nitrogen and oxygen atoms in total. The van der Waals surface area contributed by atoms with Crippen LogP contribution in [0.4, 0.5) is 0 Å². The van der Waals surface area contributed by atoms with Gasteiger partial charge in [0.2, 0.25) is 5.91 Å². The molecule has 1 saturated heterocycles. The second kappa shape index (κ2) is 5.73.